The molecule has 1 fully saturated rings. The fourth-order valence-electron chi connectivity index (χ4n) is 10.1. The number of carbonyl (C=O) groups excluding carboxylic acids is 7. The third kappa shape index (κ3) is 35.7. The zero-order chi connectivity index (χ0) is 57.7. The van der Waals surface area contributed by atoms with Crippen LogP contribution in [-0.2, 0) is 76.2 Å². The molecule has 0 aromatic carbocycles. The molecule has 0 aromatic rings. The zero-order valence-corrected chi connectivity index (χ0v) is 49.9. The van der Waals surface area contributed by atoms with Crippen LogP contribution < -0.4 is 10.6 Å². The number of hydrogen-bond acceptors (Lipinski definition) is 16. The molecule has 454 valence electrons. The van der Waals surface area contributed by atoms with Gasteiger partial charge in [-0.2, -0.15) is 0 Å². The standard InChI is InChI=1S/C60H108N2O16/c1-9-11-13-15-17-19-21-23-25-27-29-31-33-35-37-52(38-36-34-32-30-28-26-24-22-20-18-16-14-12-10-2)58(68)61-39-40-71-41-42-72-43-44-74-60(59(69)70-8)45-53(75-49(5)65)55(62-47(3)63)57(78-60)56(77-51(7)67)54(76-50(6)66)46-73-48(4)64/h52-57H,9-46H2,1-8H3,(H,61,68)(H,62,63)/t53-,54+,55+,56+,57+,60-/m0/s1. The summed E-state index contributed by atoms with van der Waals surface area (Å²) in [4.78, 5) is 88.8. The molecule has 1 aliphatic heterocycles. The van der Waals surface area contributed by atoms with Crippen LogP contribution in [-0.4, -0.2) is 131 Å². The first-order valence-electron chi connectivity index (χ1n) is 30.4. The van der Waals surface area contributed by atoms with Gasteiger partial charge in [0, 0.05) is 47.1 Å². The SMILES string of the molecule is CCCCCCCCCCCCCCCCC(CCCCCCCCCCCCCCCC)C(=O)NCCOCCOCCO[C@@]1(C(=O)OC)C[C@H](OC(C)=O)[C@@H](NC(C)=O)[C@H]([C@H](OC(C)=O)[C@@H](COC(C)=O)OC(C)=O)O1. The van der Waals surface area contributed by atoms with Gasteiger partial charge >= 0.3 is 29.8 Å². The van der Waals surface area contributed by atoms with Crippen LogP contribution in [0.5, 0.6) is 0 Å². The van der Waals surface area contributed by atoms with Crippen molar-refractivity contribution in [3.63, 3.8) is 0 Å². The van der Waals surface area contributed by atoms with Gasteiger partial charge in [0.25, 0.3) is 5.79 Å². The molecule has 0 spiro atoms. The fourth-order valence-corrected chi connectivity index (χ4v) is 10.1. The molecule has 18 nitrogen and oxygen atoms in total. The maximum Gasteiger partial charge on any atom is 0.366 e. The second-order valence-electron chi connectivity index (χ2n) is 21.3. The Hall–Kier alpha value is -3.87. The minimum Gasteiger partial charge on any atom is -0.465 e. The number of esters is 5. The van der Waals surface area contributed by atoms with E-state index in [1.165, 1.54) is 161 Å². The first-order chi connectivity index (χ1) is 37.6. The molecule has 0 saturated carbocycles. The second-order valence-corrected chi connectivity index (χ2v) is 21.3. The maximum absolute atomic E-state index is 13.6. The molecule has 78 heavy (non-hydrogen) atoms. The maximum atomic E-state index is 13.6. The molecular weight excluding hydrogens is 1000 g/mol. The van der Waals surface area contributed by atoms with E-state index >= 15 is 0 Å². The topological polar surface area (TPSA) is 227 Å². The second kappa shape index (κ2) is 46.8. The highest BCUT2D eigenvalue weighted by Gasteiger charge is 2.59. The van der Waals surface area contributed by atoms with Gasteiger partial charge in [0.1, 0.15) is 18.8 Å². The Morgan fingerprint density at radius 1 is 0.538 bits per heavy atom. The van der Waals surface area contributed by atoms with Crippen LogP contribution >= 0.6 is 0 Å². The Morgan fingerprint density at radius 2 is 0.974 bits per heavy atom. The van der Waals surface area contributed by atoms with Gasteiger partial charge in [-0.15, -0.1) is 0 Å². The normalized spacial score (nSPS) is 17.9. The molecule has 1 saturated heterocycles. The lowest BCUT2D eigenvalue weighted by Crippen LogP contribution is -2.69. The Bertz CT molecular complexity index is 1580. The van der Waals surface area contributed by atoms with Gasteiger partial charge in [-0.1, -0.05) is 194 Å². The number of nitrogens with one attached hydrogen (secondary N) is 2. The van der Waals surface area contributed by atoms with Gasteiger partial charge < -0.3 is 53.3 Å². The van der Waals surface area contributed by atoms with E-state index in [0.717, 1.165) is 73.3 Å². The van der Waals surface area contributed by atoms with Crippen molar-refractivity contribution in [1.29, 1.82) is 0 Å². The van der Waals surface area contributed by atoms with E-state index in [1.54, 1.807) is 0 Å². The Balaban J connectivity index is 2.79. The van der Waals surface area contributed by atoms with Gasteiger partial charge in [-0.25, -0.2) is 4.79 Å². The molecular formula is C60H108N2O16. The summed E-state index contributed by atoms with van der Waals surface area (Å²) in [6, 6.07) is -1.32. The first-order valence-corrected chi connectivity index (χ1v) is 30.4. The first kappa shape index (κ1) is 72.1. The number of rotatable bonds is 50. The van der Waals surface area contributed by atoms with E-state index in [2.05, 4.69) is 24.5 Å². The monoisotopic (exact) mass is 1110 g/mol. The lowest BCUT2D eigenvalue weighted by Gasteiger charge is -2.48. The van der Waals surface area contributed by atoms with Gasteiger partial charge in [0.15, 0.2) is 12.2 Å². The Kier molecular flexibility index (Phi) is 43.3. The quantitative estimate of drug-likeness (QED) is 0.0328. The number of ether oxygens (including phenoxy) is 9. The molecule has 1 heterocycles. The molecule has 1 aliphatic rings. The summed E-state index contributed by atoms with van der Waals surface area (Å²) in [7, 11) is 1.08. The summed E-state index contributed by atoms with van der Waals surface area (Å²) in [5.74, 6) is -7.23. The summed E-state index contributed by atoms with van der Waals surface area (Å²) < 4.78 is 50.7. The van der Waals surface area contributed by atoms with Gasteiger partial charge in [-0.05, 0) is 12.8 Å². The molecule has 18 heteroatoms. The molecule has 0 aliphatic carbocycles. The molecule has 0 radical (unpaired) electrons. The predicted octanol–water partition coefficient (Wildman–Crippen LogP) is 11.0. The van der Waals surface area contributed by atoms with Crippen LogP contribution in [0.25, 0.3) is 0 Å². The van der Waals surface area contributed by atoms with Crippen molar-refractivity contribution in [2.24, 2.45) is 5.92 Å². The third-order valence-electron chi connectivity index (χ3n) is 14.2. The van der Waals surface area contributed by atoms with Crippen LogP contribution in [0, 0.1) is 5.92 Å². The minimum absolute atomic E-state index is 0.0103. The predicted molar refractivity (Wildman–Crippen MR) is 299 cm³/mol. The van der Waals surface area contributed by atoms with Crippen molar-refractivity contribution in [3.05, 3.63) is 0 Å². The van der Waals surface area contributed by atoms with Crippen molar-refractivity contribution < 1.29 is 76.2 Å². The van der Waals surface area contributed by atoms with E-state index in [9.17, 15) is 33.6 Å². The lowest BCUT2D eigenvalue weighted by molar-refractivity contribution is -0.315. The number of amides is 2. The minimum atomic E-state index is -2.34. The third-order valence-corrected chi connectivity index (χ3v) is 14.2. The zero-order valence-electron chi connectivity index (χ0n) is 49.9. The van der Waals surface area contributed by atoms with Crippen LogP contribution in [0.2, 0.25) is 0 Å². The Morgan fingerprint density at radius 3 is 1.38 bits per heavy atom. The van der Waals surface area contributed by atoms with Gasteiger partial charge in [0.2, 0.25) is 11.8 Å². The van der Waals surface area contributed by atoms with Crippen molar-refractivity contribution in [3.8, 4) is 0 Å². The highest BCUT2D eigenvalue weighted by molar-refractivity contribution is 5.79. The van der Waals surface area contributed by atoms with Crippen LogP contribution in [0.3, 0.4) is 0 Å². The van der Waals surface area contributed by atoms with Gasteiger partial charge in [0.05, 0.1) is 52.6 Å². The van der Waals surface area contributed by atoms with Gasteiger partial charge in [-0.3, -0.25) is 28.8 Å². The summed E-state index contributed by atoms with van der Waals surface area (Å²) in [5.41, 5.74) is 0. The van der Waals surface area contributed by atoms with E-state index < -0.39 is 85.0 Å². The average Bonchev–Trinajstić information content (AvgIpc) is 3.49. The van der Waals surface area contributed by atoms with Crippen molar-refractivity contribution in [2.75, 3.05) is 53.3 Å². The number of unbranched alkanes of at least 4 members (excludes halogenated alkanes) is 26. The number of hydrogen-bond donors (Lipinski definition) is 2. The van der Waals surface area contributed by atoms with Crippen LogP contribution in [0.4, 0.5) is 0 Å². The van der Waals surface area contributed by atoms with E-state index in [-0.39, 0.29) is 38.3 Å². The van der Waals surface area contributed by atoms with E-state index in [4.69, 9.17) is 42.6 Å². The summed E-state index contributed by atoms with van der Waals surface area (Å²) >= 11 is 0. The number of methoxy groups -OCH3 is 1. The smallest absolute Gasteiger partial charge is 0.366 e. The highest BCUT2D eigenvalue weighted by Crippen LogP contribution is 2.37. The van der Waals surface area contributed by atoms with Crippen LogP contribution in [0.15, 0.2) is 0 Å². The van der Waals surface area contributed by atoms with Crippen molar-refractivity contribution in [2.45, 2.75) is 284 Å². The number of carbonyl (C=O) groups is 7. The summed E-state index contributed by atoms with van der Waals surface area (Å²) in [6.07, 6.45) is 31.6. The molecule has 6 atom stereocenters. The molecule has 0 unspecified atom stereocenters. The van der Waals surface area contributed by atoms with Crippen molar-refractivity contribution in [1.82, 2.24) is 10.6 Å². The molecule has 0 bridgehead atoms. The fraction of sp³-hybridized carbons (Fsp3) is 0.883. The summed E-state index contributed by atoms with van der Waals surface area (Å²) in [5, 5.41) is 5.74. The van der Waals surface area contributed by atoms with E-state index in [0.29, 0.717) is 13.2 Å². The largest absolute Gasteiger partial charge is 0.465 e. The molecule has 2 N–H and O–H groups in total. The summed E-state index contributed by atoms with van der Waals surface area (Å²) in [6.45, 7) is 10.1. The molecule has 2 amide bonds. The van der Waals surface area contributed by atoms with Crippen molar-refractivity contribution >= 4 is 41.7 Å². The Labute approximate surface area is 470 Å². The highest BCUT2D eigenvalue weighted by atomic mass is 16.7. The van der Waals surface area contributed by atoms with Crippen LogP contribution in [0.1, 0.15) is 248 Å². The van der Waals surface area contributed by atoms with E-state index in [1.807, 2.05) is 0 Å². The lowest BCUT2D eigenvalue weighted by atomic mass is 9.88. The molecule has 0 aromatic heterocycles. The average molecular weight is 1110 g/mol. The molecule has 1 rings (SSSR count).